The number of anilines is 1. The number of hydrogen-bond donors (Lipinski definition) is 3. The Morgan fingerprint density at radius 2 is 1.82 bits per heavy atom. The van der Waals surface area contributed by atoms with E-state index in [1.807, 2.05) is 61.1 Å². The molecule has 8 rings (SSSR count). The number of nitrogens with one attached hydrogen (secondary N) is 3. The monoisotopic (exact) mass is 801 g/mol. The molecule has 2 aromatic heterocycles. The van der Waals surface area contributed by atoms with Crippen LogP contribution in [-0.4, -0.2) is 86.4 Å². The van der Waals surface area contributed by atoms with Crippen molar-refractivity contribution >= 4 is 63.0 Å². The lowest BCUT2D eigenvalue weighted by Gasteiger charge is -2.32. The standard InChI is InChI=1S/C43H44ClN9O3S/c1-25-36(57-43-38(25)39(30-8-10-32(44)11-9-30)48-26(2)40(46)53(43)27(3)45)13-7-29-22-47-51(23-29)20-19-50-17-15-28(16-18-50)21-31-5-4-6-33-34(31)24-52(42(33)56)35-12-14-37(54)49-41(35)55/h4-6,8-11,22-23,26,28,35,45-46H,12,14-21,24H2,1-3H3,(H,49,54,55)/t26-,35?/m0/s1. The number of thiophene rings is 1. The van der Waals surface area contributed by atoms with Gasteiger partial charge in [0.25, 0.3) is 5.91 Å². The summed E-state index contributed by atoms with van der Waals surface area (Å²) in [6.07, 6.45) is 7.41. The molecule has 0 saturated carbocycles. The Morgan fingerprint density at radius 1 is 1.05 bits per heavy atom. The quantitative estimate of drug-likeness (QED) is 0.0898. The topological polar surface area (TPSA) is 151 Å². The first-order chi connectivity index (χ1) is 27.4. The zero-order valence-electron chi connectivity index (χ0n) is 32.2. The fourth-order valence-electron chi connectivity index (χ4n) is 8.32. The molecule has 2 atom stereocenters. The predicted octanol–water partition coefficient (Wildman–Crippen LogP) is 6.04. The van der Waals surface area contributed by atoms with E-state index in [-0.39, 0.29) is 35.8 Å². The van der Waals surface area contributed by atoms with E-state index in [1.165, 1.54) is 16.9 Å². The van der Waals surface area contributed by atoms with Crippen molar-refractivity contribution in [3.63, 3.8) is 0 Å². The van der Waals surface area contributed by atoms with Crippen molar-refractivity contribution in [1.29, 1.82) is 10.8 Å². The zero-order valence-corrected chi connectivity index (χ0v) is 33.8. The molecule has 0 aliphatic carbocycles. The number of nitrogens with zero attached hydrogens (tertiary/aromatic N) is 6. The summed E-state index contributed by atoms with van der Waals surface area (Å²) < 4.78 is 1.94. The lowest BCUT2D eigenvalue weighted by molar-refractivity contribution is -0.136. The SMILES string of the molecule is CC(=N)N1C(=N)[C@H](C)N=C(c2ccc(Cl)cc2)c2c1sc(C#Cc1cnn(CCN3CCC(Cc4cccc5c4CN(C4CCC(=O)NC4=O)C5=O)CC3)c1)c2C. The van der Waals surface area contributed by atoms with E-state index in [2.05, 4.69) is 33.2 Å². The van der Waals surface area contributed by atoms with Crippen LogP contribution < -0.4 is 10.2 Å². The van der Waals surface area contributed by atoms with Gasteiger partial charge in [0.05, 0.1) is 28.9 Å². The van der Waals surface area contributed by atoms with Gasteiger partial charge in [-0.3, -0.25) is 45.1 Å². The molecule has 0 bridgehead atoms. The first kappa shape index (κ1) is 38.5. The fraction of sp³-hybridized carbons (Fsp3) is 0.372. The molecule has 0 spiro atoms. The second-order valence-electron chi connectivity index (χ2n) is 15.3. The molecular formula is C43H44ClN9O3S. The molecular weight excluding hydrogens is 758 g/mol. The number of amides is 3. The van der Waals surface area contributed by atoms with E-state index in [0.717, 1.165) is 88.8 Å². The van der Waals surface area contributed by atoms with Crippen molar-refractivity contribution in [2.24, 2.45) is 10.9 Å². The highest BCUT2D eigenvalue weighted by Crippen LogP contribution is 2.40. The molecule has 57 heavy (non-hydrogen) atoms. The number of halogens is 1. The van der Waals surface area contributed by atoms with Gasteiger partial charge in [-0.2, -0.15) is 5.10 Å². The third kappa shape index (κ3) is 7.69. The highest BCUT2D eigenvalue weighted by atomic mass is 35.5. The second kappa shape index (κ2) is 15.8. The van der Waals surface area contributed by atoms with Crippen molar-refractivity contribution in [2.45, 2.75) is 78.0 Å². The maximum absolute atomic E-state index is 13.3. The van der Waals surface area contributed by atoms with E-state index < -0.39 is 12.1 Å². The number of carbonyl (C=O) groups excluding carboxylic acids is 3. The van der Waals surface area contributed by atoms with Crippen molar-refractivity contribution < 1.29 is 14.4 Å². The summed E-state index contributed by atoms with van der Waals surface area (Å²) in [6, 6.07) is 12.4. The molecule has 6 heterocycles. The molecule has 3 N–H and O–H groups in total. The third-order valence-corrected chi connectivity index (χ3v) is 12.9. The summed E-state index contributed by atoms with van der Waals surface area (Å²) in [7, 11) is 0. The number of fused-ring (bicyclic) bond motifs is 2. The van der Waals surface area contributed by atoms with Crippen molar-refractivity contribution in [1.82, 2.24) is 24.9 Å². The summed E-state index contributed by atoms with van der Waals surface area (Å²) in [6.45, 7) is 9.61. The van der Waals surface area contributed by atoms with Crippen LogP contribution in [0.25, 0.3) is 0 Å². The third-order valence-electron chi connectivity index (χ3n) is 11.5. The van der Waals surface area contributed by atoms with Crippen LogP contribution in [0.5, 0.6) is 0 Å². The normalized spacial score (nSPS) is 20.1. The van der Waals surface area contributed by atoms with Crippen LogP contribution >= 0.6 is 22.9 Å². The van der Waals surface area contributed by atoms with Crippen LogP contribution in [0.15, 0.2) is 59.9 Å². The number of hydrogen-bond acceptors (Lipinski definition) is 9. The van der Waals surface area contributed by atoms with Crippen molar-refractivity contribution in [3.8, 4) is 11.8 Å². The van der Waals surface area contributed by atoms with Crippen molar-refractivity contribution in [2.75, 3.05) is 24.5 Å². The number of aromatic nitrogens is 2. The molecule has 2 aromatic carbocycles. The first-order valence-corrected chi connectivity index (χ1v) is 20.6. The van der Waals surface area contributed by atoms with Gasteiger partial charge < -0.3 is 9.80 Å². The molecule has 14 heteroatoms. The minimum Gasteiger partial charge on any atom is -0.322 e. The predicted molar refractivity (Wildman–Crippen MR) is 223 cm³/mol. The summed E-state index contributed by atoms with van der Waals surface area (Å²) in [5.41, 5.74) is 7.19. The molecule has 3 amide bonds. The van der Waals surface area contributed by atoms with Gasteiger partial charge in [-0.25, -0.2) is 0 Å². The maximum Gasteiger partial charge on any atom is 0.255 e. The highest BCUT2D eigenvalue weighted by Gasteiger charge is 2.40. The second-order valence-corrected chi connectivity index (χ2v) is 16.7. The molecule has 2 saturated heterocycles. The zero-order chi connectivity index (χ0) is 40.0. The Balaban J connectivity index is 0.890. The smallest absolute Gasteiger partial charge is 0.255 e. The van der Waals surface area contributed by atoms with E-state index in [1.54, 1.807) is 22.9 Å². The van der Waals surface area contributed by atoms with Crippen LogP contribution in [0.3, 0.4) is 0 Å². The Kier molecular flexibility index (Phi) is 10.7. The number of aliphatic imine (C=N–C) groups is 1. The number of amidine groups is 2. The van der Waals surface area contributed by atoms with Gasteiger partial charge >= 0.3 is 0 Å². The largest absolute Gasteiger partial charge is 0.322 e. The number of rotatable bonds is 7. The molecule has 292 valence electrons. The number of likely N-dealkylation sites (tertiary alicyclic amines) is 1. The van der Waals surface area contributed by atoms with E-state index in [0.29, 0.717) is 29.5 Å². The number of piperidine rings is 2. The number of imide groups is 1. The molecule has 2 fully saturated rings. The van der Waals surface area contributed by atoms with Gasteiger partial charge in [0.15, 0.2) is 0 Å². The average Bonchev–Trinajstić information content (AvgIpc) is 3.86. The number of carbonyl (C=O) groups is 3. The molecule has 4 aliphatic heterocycles. The Bertz CT molecular complexity index is 2400. The molecule has 0 radical (unpaired) electrons. The Morgan fingerprint density at radius 3 is 2.56 bits per heavy atom. The molecule has 1 unspecified atom stereocenters. The van der Waals surface area contributed by atoms with Gasteiger partial charge in [0.2, 0.25) is 11.8 Å². The van der Waals surface area contributed by atoms with E-state index in [4.69, 9.17) is 27.4 Å². The maximum atomic E-state index is 13.3. The van der Waals surface area contributed by atoms with Crippen LogP contribution in [0.2, 0.25) is 5.02 Å². The van der Waals surface area contributed by atoms with Crippen LogP contribution in [-0.2, 0) is 29.1 Å². The van der Waals surface area contributed by atoms with Gasteiger partial charge in [0.1, 0.15) is 28.8 Å². The minimum atomic E-state index is -0.604. The van der Waals surface area contributed by atoms with Gasteiger partial charge in [0, 0.05) is 47.4 Å². The average molecular weight is 802 g/mol. The lowest BCUT2D eigenvalue weighted by Crippen LogP contribution is -2.52. The summed E-state index contributed by atoms with van der Waals surface area (Å²) in [5, 5.41) is 25.8. The van der Waals surface area contributed by atoms with E-state index >= 15 is 0 Å². The van der Waals surface area contributed by atoms with Gasteiger partial charge in [-0.15, -0.1) is 11.3 Å². The summed E-state index contributed by atoms with van der Waals surface area (Å²) in [5.74, 6) is 6.90. The van der Waals surface area contributed by atoms with Crippen LogP contribution in [0, 0.1) is 35.5 Å². The Hall–Kier alpha value is -5.42. The van der Waals surface area contributed by atoms with Crippen molar-refractivity contribution in [3.05, 3.63) is 104 Å². The number of benzene rings is 2. The first-order valence-electron chi connectivity index (χ1n) is 19.4. The Labute approximate surface area is 340 Å². The van der Waals surface area contributed by atoms with Crippen LogP contribution in [0.4, 0.5) is 5.00 Å². The lowest BCUT2D eigenvalue weighted by atomic mass is 9.87. The summed E-state index contributed by atoms with van der Waals surface area (Å²) >= 11 is 7.69. The highest BCUT2D eigenvalue weighted by molar-refractivity contribution is 7.17. The minimum absolute atomic E-state index is 0.124. The molecule has 12 nitrogen and oxygen atoms in total. The van der Waals surface area contributed by atoms with E-state index in [9.17, 15) is 14.4 Å². The van der Waals surface area contributed by atoms with Gasteiger partial charge in [-0.05, 0) is 100 Å². The van der Waals surface area contributed by atoms with Crippen LogP contribution in [0.1, 0.15) is 88.1 Å². The van der Waals surface area contributed by atoms with Gasteiger partial charge in [-0.1, -0.05) is 47.7 Å². The molecule has 4 aliphatic rings. The molecule has 4 aromatic rings. The fourth-order valence-corrected chi connectivity index (χ4v) is 9.67. The summed E-state index contributed by atoms with van der Waals surface area (Å²) in [4.78, 5) is 49.1.